The van der Waals surface area contributed by atoms with Gasteiger partial charge in [-0.25, -0.2) is 4.79 Å². The molecule has 0 spiro atoms. The molecule has 2 aliphatic rings. The van der Waals surface area contributed by atoms with E-state index in [2.05, 4.69) is 39.0 Å². The van der Waals surface area contributed by atoms with Crippen molar-refractivity contribution in [2.24, 2.45) is 0 Å². The Balaban J connectivity index is 1.53. The van der Waals surface area contributed by atoms with Crippen LogP contribution in [0.15, 0.2) is 22.7 Å². The number of carbonyl (C=O) groups excluding carboxylic acids is 1. The number of nitrogens with zero attached hydrogens (tertiary/aromatic N) is 2. The first kappa shape index (κ1) is 14.9. The number of halogens is 1. The molecule has 2 aliphatic heterocycles. The first-order valence-corrected chi connectivity index (χ1v) is 8.10. The van der Waals surface area contributed by atoms with Crippen molar-refractivity contribution in [1.82, 2.24) is 9.80 Å². The van der Waals surface area contributed by atoms with E-state index in [-0.39, 0.29) is 6.09 Å². The molecule has 114 valence electrons. The first-order valence-electron chi connectivity index (χ1n) is 7.31. The minimum Gasteiger partial charge on any atom is -0.444 e. The van der Waals surface area contributed by atoms with Gasteiger partial charge in [0.25, 0.3) is 0 Å². The van der Waals surface area contributed by atoms with Crippen LogP contribution in [0.4, 0.5) is 4.79 Å². The molecule has 0 radical (unpaired) electrons. The number of fused-ring (bicyclic) bond motifs is 1. The highest BCUT2D eigenvalue weighted by Gasteiger charge is 2.38. The summed E-state index contributed by atoms with van der Waals surface area (Å²) in [6.45, 7) is 9.19. The fourth-order valence-electron chi connectivity index (χ4n) is 2.81. The van der Waals surface area contributed by atoms with Crippen LogP contribution in [-0.4, -0.2) is 40.6 Å². The van der Waals surface area contributed by atoms with Crippen LogP contribution in [0, 0.1) is 0 Å². The van der Waals surface area contributed by atoms with Crippen molar-refractivity contribution in [3.05, 3.63) is 33.8 Å². The molecule has 1 aromatic carbocycles. The van der Waals surface area contributed by atoms with Crippen molar-refractivity contribution in [3.63, 3.8) is 0 Å². The smallest absolute Gasteiger partial charge is 0.410 e. The quantitative estimate of drug-likeness (QED) is 0.776. The first-order chi connectivity index (χ1) is 9.82. The third kappa shape index (κ3) is 3.24. The number of amides is 1. The van der Waals surface area contributed by atoms with Crippen molar-refractivity contribution in [2.45, 2.75) is 45.5 Å². The molecule has 0 atom stereocenters. The number of hydrogen-bond acceptors (Lipinski definition) is 3. The lowest BCUT2D eigenvalue weighted by molar-refractivity contribution is -0.0163. The summed E-state index contributed by atoms with van der Waals surface area (Å²) in [4.78, 5) is 16.2. The zero-order valence-corrected chi connectivity index (χ0v) is 14.3. The second-order valence-corrected chi connectivity index (χ2v) is 7.77. The normalized spacial score (nSPS) is 19.3. The van der Waals surface area contributed by atoms with Gasteiger partial charge in [-0.1, -0.05) is 22.0 Å². The van der Waals surface area contributed by atoms with Crippen molar-refractivity contribution < 1.29 is 9.53 Å². The van der Waals surface area contributed by atoms with Crippen LogP contribution in [0.1, 0.15) is 31.9 Å². The molecule has 21 heavy (non-hydrogen) atoms. The second-order valence-electron chi connectivity index (χ2n) is 6.86. The third-order valence-electron chi connectivity index (χ3n) is 3.95. The van der Waals surface area contributed by atoms with E-state index < -0.39 is 5.60 Å². The zero-order valence-electron chi connectivity index (χ0n) is 12.7. The summed E-state index contributed by atoms with van der Waals surface area (Å²) in [5.41, 5.74) is 2.37. The Morgan fingerprint density at radius 2 is 1.90 bits per heavy atom. The molecule has 1 saturated heterocycles. The average molecular weight is 353 g/mol. The summed E-state index contributed by atoms with van der Waals surface area (Å²) in [7, 11) is 0. The molecule has 0 saturated carbocycles. The van der Waals surface area contributed by atoms with Gasteiger partial charge in [-0.2, -0.15) is 0 Å². The number of hydrogen-bond donors (Lipinski definition) is 0. The van der Waals surface area contributed by atoms with E-state index in [1.165, 1.54) is 11.1 Å². The fraction of sp³-hybridized carbons (Fsp3) is 0.562. The van der Waals surface area contributed by atoms with Crippen LogP contribution in [0.5, 0.6) is 0 Å². The van der Waals surface area contributed by atoms with Crippen LogP contribution >= 0.6 is 15.9 Å². The van der Waals surface area contributed by atoms with E-state index in [9.17, 15) is 4.79 Å². The number of likely N-dealkylation sites (tertiary alicyclic amines) is 1. The van der Waals surface area contributed by atoms with Gasteiger partial charge >= 0.3 is 6.09 Å². The van der Waals surface area contributed by atoms with Gasteiger partial charge in [0.15, 0.2) is 0 Å². The highest BCUT2D eigenvalue weighted by Crippen LogP contribution is 2.30. The molecule has 0 aromatic heterocycles. The van der Waals surface area contributed by atoms with E-state index in [0.29, 0.717) is 6.04 Å². The Labute approximate surface area is 134 Å². The maximum atomic E-state index is 11.9. The molecule has 2 heterocycles. The number of rotatable bonds is 1. The van der Waals surface area contributed by atoms with Crippen LogP contribution in [0.2, 0.25) is 0 Å². The standard InChI is InChI=1S/C16H21BrN2O2/c1-16(2,3)21-15(20)19-9-14(10-19)18-7-11-4-5-13(17)6-12(11)8-18/h4-6,14H,7-10H2,1-3H3. The maximum Gasteiger partial charge on any atom is 0.410 e. The molecule has 1 amide bonds. The molecule has 4 nitrogen and oxygen atoms in total. The van der Waals surface area contributed by atoms with Gasteiger partial charge < -0.3 is 9.64 Å². The molecule has 0 bridgehead atoms. The Morgan fingerprint density at radius 3 is 2.57 bits per heavy atom. The van der Waals surface area contributed by atoms with E-state index in [4.69, 9.17) is 4.74 Å². The predicted molar refractivity (Wildman–Crippen MR) is 85.0 cm³/mol. The van der Waals surface area contributed by atoms with Gasteiger partial charge in [0.2, 0.25) is 0 Å². The summed E-state index contributed by atoms with van der Waals surface area (Å²) in [5, 5.41) is 0. The largest absolute Gasteiger partial charge is 0.444 e. The second kappa shape index (κ2) is 5.29. The highest BCUT2D eigenvalue weighted by atomic mass is 79.9. The lowest BCUT2D eigenvalue weighted by Crippen LogP contribution is -2.60. The number of benzene rings is 1. The Bertz CT molecular complexity index is 562. The van der Waals surface area contributed by atoms with Crippen molar-refractivity contribution in [3.8, 4) is 0 Å². The van der Waals surface area contributed by atoms with E-state index in [1.807, 2.05) is 20.8 Å². The molecule has 1 aromatic rings. The van der Waals surface area contributed by atoms with Crippen molar-refractivity contribution in [2.75, 3.05) is 13.1 Å². The summed E-state index contributed by atoms with van der Waals surface area (Å²) in [5.74, 6) is 0. The molecule has 3 rings (SSSR count). The van der Waals surface area contributed by atoms with Gasteiger partial charge in [0.05, 0.1) is 0 Å². The van der Waals surface area contributed by atoms with Crippen LogP contribution in [-0.2, 0) is 17.8 Å². The van der Waals surface area contributed by atoms with Crippen LogP contribution in [0.3, 0.4) is 0 Å². The molecule has 5 heteroatoms. The molecule has 0 unspecified atom stereocenters. The van der Waals surface area contributed by atoms with Crippen LogP contribution < -0.4 is 0 Å². The van der Waals surface area contributed by atoms with Gasteiger partial charge in [0.1, 0.15) is 5.60 Å². The van der Waals surface area contributed by atoms with Crippen LogP contribution in [0.25, 0.3) is 0 Å². The Kier molecular flexibility index (Phi) is 3.74. The Hall–Kier alpha value is -1.07. The summed E-state index contributed by atoms with van der Waals surface area (Å²) < 4.78 is 6.52. The molecular formula is C16H21BrN2O2. The van der Waals surface area contributed by atoms with E-state index in [0.717, 1.165) is 30.7 Å². The predicted octanol–water partition coefficient (Wildman–Crippen LogP) is 3.38. The average Bonchev–Trinajstić information content (AvgIpc) is 2.66. The minimum atomic E-state index is -0.418. The topological polar surface area (TPSA) is 32.8 Å². The zero-order chi connectivity index (χ0) is 15.2. The van der Waals surface area contributed by atoms with Gasteiger partial charge in [-0.3, -0.25) is 4.90 Å². The van der Waals surface area contributed by atoms with E-state index >= 15 is 0 Å². The molecule has 1 fully saturated rings. The lowest BCUT2D eigenvalue weighted by atomic mass is 10.1. The fourth-order valence-corrected chi connectivity index (χ4v) is 3.22. The number of carbonyl (C=O) groups is 1. The highest BCUT2D eigenvalue weighted by molar-refractivity contribution is 9.10. The van der Waals surface area contributed by atoms with Crippen molar-refractivity contribution in [1.29, 1.82) is 0 Å². The van der Waals surface area contributed by atoms with Crippen molar-refractivity contribution >= 4 is 22.0 Å². The number of ether oxygens (including phenoxy) is 1. The SMILES string of the molecule is CC(C)(C)OC(=O)N1CC(N2Cc3ccc(Br)cc3C2)C1. The van der Waals surface area contributed by atoms with E-state index in [1.54, 1.807) is 4.90 Å². The molecule has 0 N–H and O–H groups in total. The van der Waals surface area contributed by atoms with Gasteiger partial charge in [-0.05, 0) is 44.0 Å². The lowest BCUT2D eigenvalue weighted by Gasteiger charge is -2.44. The Morgan fingerprint density at radius 1 is 1.24 bits per heavy atom. The maximum absolute atomic E-state index is 11.9. The monoisotopic (exact) mass is 352 g/mol. The summed E-state index contributed by atoms with van der Waals surface area (Å²) in [6, 6.07) is 6.92. The molecular weight excluding hydrogens is 332 g/mol. The van der Waals surface area contributed by atoms with Gasteiger partial charge in [-0.15, -0.1) is 0 Å². The summed E-state index contributed by atoms with van der Waals surface area (Å²) in [6.07, 6.45) is -0.196. The minimum absolute atomic E-state index is 0.196. The molecule has 0 aliphatic carbocycles. The third-order valence-corrected chi connectivity index (χ3v) is 4.44. The summed E-state index contributed by atoms with van der Waals surface area (Å²) >= 11 is 3.52. The van der Waals surface area contributed by atoms with Gasteiger partial charge in [0, 0.05) is 36.7 Å².